The number of rotatable bonds is 5. The third-order valence-corrected chi connectivity index (χ3v) is 5.40. The molecule has 8 heteroatoms. The zero-order chi connectivity index (χ0) is 21.1. The molecule has 0 atom stereocenters. The lowest BCUT2D eigenvalue weighted by Crippen LogP contribution is -3.13. The summed E-state index contributed by atoms with van der Waals surface area (Å²) in [6, 6.07) is 13.1. The third-order valence-electron chi connectivity index (χ3n) is 5.40. The van der Waals surface area contributed by atoms with Crippen LogP contribution in [0, 0.1) is 19.7 Å². The monoisotopic (exact) mass is 408 g/mol. The van der Waals surface area contributed by atoms with Gasteiger partial charge in [-0.2, -0.15) is 15.0 Å². The highest BCUT2D eigenvalue weighted by molar-refractivity contribution is 5.59. The van der Waals surface area contributed by atoms with Gasteiger partial charge >= 0.3 is 0 Å². The summed E-state index contributed by atoms with van der Waals surface area (Å²) in [4.78, 5) is 16.6. The number of nitrogens with one attached hydrogen (secondary N) is 2. The molecule has 2 aromatic carbocycles. The molecule has 0 unspecified atom stereocenters. The van der Waals surface area contributed by atoms with Gasteiger partial charge in [0.05, 0.1) is 31.9 Å². The molecule has 1 fully saturated rings. The van der Waals surface area contributed by atoms with E-state index in [-0.39, 0.29) is 11.8 Å². The standard InChI is InChI=1S/C22H26FN7/c1-15-7-8-18(16(2)13-15)25-22-27-20(26-21(24)28-22)14-29-9-11-30(12-10-29)19-6-4-3-5-17(19)23/h3-8,13H,9-12,14H2,1-2H3,(H3,24,25,26,27,28)/p+1. The lowest BCUT2D eigenvalue weighted by atomic mass is 10.1. The molecule has 0 saturated carbocycles. The number of anilines is 4. The maximum Gasteiger partial charge on any atom is 0.232 e. The van der Waals surface area contributed by atoms with Crippen molar-refractivity contribution in [2.75, 3.05) is 42.1 Å². The number of para-hydroxylation sites is 1. The first kappa shape index (κ1) is 20.0. The highest BCUT2D eigenvalue weighted by Gasteiger charge is 2.23. The molecule has 1 aromatic heterocycles. The number of hydrogen-bond acceptors (Lipinski definition) is 6. The Hall–Kier alpha value is -3.26. The highest BCUT2D eigenvalue weighted by atomic mass is 19.1. The van der Waals surface area contributed by atoms with Gasteiger partial charge in [-0.3, -0.25) is 0 Å². The van der Waals surface area contributed by atoms with E-state index in [1.54, 1.807) is 6.07 Å². The van der Waals surface area contributed by atoms with Gasteiger partial charge in [0.25, 0.3) is 0 Å². The number of hydrogen-bond donors (Lipinski definition) is 3. The van der Waals surface area contributed by atoms with Gasteiger partial charge in [-0.15, -0.1) is 0 Å². The van der Waals surface area contributed by atoms with Crippen LogP contribution in [-0.2, 0) is 6.54 Å². The van der Waals surface area contributed by atoms with Gasteiger partial charge in [-0.1, -0.05) is 29.8 Å². The van der Waals surface area contributed by atoms with Crippen LogP contribution in [0.25, 0.3) is 0 Å². The lowest BCUT2D eigenvalue weighted by Gasteiger charge is -2.33. The number of halogens is 1. The second-order valence-electron chi connectivity index (χ2n) is 7.74. The number of nitrogen functional groups attached to an aromatic ring is 1. The maximum atomic E-state index is 14.0. The van der Waals surface area contributed by atoms with E-state index in [9.17, 15) is 4.39 Å². The van der Waals surface area contributed by atoms with Gasteiger partial charge in [0.2, 0.25) is 11.9 Å². The number of aryl methyl sites for hydroxylation is 2. The average molecular weight is 409 g/mol. The Morgan fingerprint density at radius 1 is 1.07 bits per heavy atom. The van der Waals surface area contributed by atoms with E-state index in [1.165, 1.54) is 16.5 Å². The van der Waals surface area contributed by atoms with Gasteiger partial charge in [0, 0.05) is 5.69 Å². The molecule has 7 nitrogen and oxygen atoms in total. The fourth-order valence-corrected chi connectivity index (χ4v) is 3.82. The summed E-state index contributed by atoms with van der Waals surface area (Å²) in [7, 11) is 0. The van der Waals surface area contributed by atoms with E-state index in [1.807, 2.05) is 31.2 Å². The van der Waals surface area contributed by atoms with Crippen molar-refractivity contribution in [1.29, 1.82) is 0 Å². The van der Waals surface area contributed by atoms with Crippen molar-refractivity contribution < 1.29 is 9.29 Å². The molecule has 1 aliphatic heterocycles. The molecule has 0 aliphatic carbocycles. The molecule has 4 rings (SSSR count). The minimum absolute atomic E-state index is 0.173. The number of benzene rings is 2. The molecule has 30 heavy (non-hydrogen) atoms. The van der Waals surface area contributed by atoms with Crippen LogP contribution in [0.4, 0.5) is 27.7 Å². The van der Waals surface area contributed by atoms with Crippen LogP contribution in [0.2, 0.25) is 0 Å². The van der Waals surface area contributed by atoms with Crippen molar-refractivity contribution in [3.63, 3.8) is 0 Å². The first-order valence-corrected chi connectivity index (χ1v) is 10.2. The second kappa shape index (κ2) is 8.62. The van der Waals surface area contributed by atoms with Crippen molar-refractivity contribution in [1.82, 2.24) is 15.0 Å². The van der Waals surface area contributed by atoms with E-state index in [0.717, 1.165) is 37.4 Å². The fraction of sp³-hybridized carbons (Fsp3) is 0.318. The van der Waals surface area contributed by atoms with Gasteiger partial charge in [0.1, 0.15) is 12.4 Å². The first-order chi connectivity index (χ1) is 14.5. The van der Waals surface area contributed by atoms with Crippen molar-refractivity contribution in [2.24, 2.45) is 0 Å². The molecule has 0 spiro atoms. The molecule has 3 aromatic rings. The molecule has 4 N–H and O–H groups in total. The summed E-state index contributed by atoms with van der Waals surface area (Å²) in [6.07, 6.45) is 0. The second-order valence-corrected chi connectivity index (χ2v) is 7.74. The van der Waals surface area contributed by atoms with E-state index in [4.69, 9.17) is 5.73 Å². The van der Waals surface area contributed by atoms with Crippen molar-refractivity contribution in [3.05, 3.63) is 65.2 Å². The number of piperazine rings is 1. The topological polar surface area (TPSA) is 84.4 Å². The van der Waals surface area contributed by atoms with Crippen molar-refractivity contribution in [2.45, 2.75) is 20.4 Å². The highest BCUT2D eigenvalue weighted by Crippen LogP contribution is 2.20. The number of nitrogens with zero attached hydrogens (tertiary/aromatic N) is 4. The largest absolute Gasteiger partial charge is 0.368 e. The molecule has 0 amide bonds. The Balaban J connectivity index is 1.41. The van der Waals surface area contributed by atoms with Gasteiger partial charge in [-0.25, -0.2) is 4.39 Å². The van der Waals surface area contributed by atoms with Crippen LogP contribution in [0.15, 0.2) is 42.5 Å². The average Bonchev–Trinajstić information content (AvgIpc) is 2.71. The Morgan fingerprint density at radius 3 is 2.57 bits per heavy atom. The predicted molar refractivity (Wildman–Crippen MR) is 116 cm³/mol. The predicted octanol–water partition coefficient (Wildman–Crippen LogP) is 1.86. The van der Waals surface area contributed by atoms with E-state index in [2.05, 4.69) is 38.2 Å². The van der Waals surface area contributed by atoms with Gasteiger partial charge in [-0.05, 0) is 37.6 Å². The normalized spacial score (nSPS) is 14.7. The zero-order valence-corrected chi connectivity index (χ0v) is 17.3. The van der Waals surface area contributed by atoms with Crippen LogP contribution >= 0.6 is 0 Å². The van der Waals surface area contributed by atoms with Crippen LogP contribution < -0.4 is 20.9 Å². The maximum absolute atomic E-state index is 14.0. The third kappa shape index (κ3) is 4.65. The molecule has 1 aliphatic rings. The van der Waals surface area contributed by atoms with Gasteiger partial charge < -0.3 is 20.9 Å². The lowest BCUT2D eigenvalue weighted by molar-refractivity contribution is -0.915. The molecule has 0 bridgehead atoms. The fourth-order valence-electron chi connectivity index (χ4n) is 3.82. The molecule has 0 radical (unpaired) electrons. The van der Waals surface area contributed by atoms with Crippen LogP contribution in [-0.4, -0.2) is 41.1 Å². The molecular formula is C22H27FN7+. The van der Waals surface area contributed by atoms with Crippen LogP contribution in [0.3, 0.4) is 0 Å². The Labute approximate surface area is 175 Å². The van der Waals surface area contributed by atoms with E-state index in [0.29, 0.717) is 24.0 Å². The molecular weight excluding hydrogens is 381 g/mol. The molecule has 156 valence electrons. The Kier molecular flexibility index (Phi) is 5.76. The summed E-state index contributed by atoms with van der Waals surface area (Å²) in [6.45, 7) is 8.07. The van der Waals surface area contributed by atoms with Crippen LogP contribution in [0.5, 0.6) is 0 Å². The van der Waals surface area contributed by atoms with E-state index >= 15 is 0 Å². The quantitative estimate of drug-likeness (QED) is 0.598. The number of quaternary nitrogens is 1. The van der Waals surface area contributed by atoms with Crippen molar-refractivity contribution >= 4 is 23.3 Å². The minimum atomic E-state index is -0.173. The molecule has 1 saturated heterocycles. The van der Waals surface area contributed by atoms with Crippen LogP contribution in [0.1, 0.15) is 17.0 Å². The summed E-state index contributed by atoms with van der Waals surface area (Å²) in [5, 5.41) is 3.25. The SMILES string of the molecule is Cc1ccc(Nc2nc(N)nc(C[NH+]3CCN(c4ccccc4F)CC3)n2)c(C)c1. The zero-order valence-electron chi connectivity index (χ0n) is 17.3. The summed E-state index contributed by atoms with van der Waals surface area (Å²) >= 11 is 0. The summed E-state index contributed by atoms with van der Waals surface area (Å²) in [5.41, 5.74) is 9.87. The number of aromatic nitrogens is 3. The Bertz CT molecular complexity index is 1030. The van der Waals surface area contributed by atoms with E-state index < -0.39 is 0 Å². The Morgan fingerprint density at radius 2 is 1.83 bits per heavy atom. The molecule has 2 heterocycles. The van der Waals surface area contributed by atoms with Gasteiger partial charge in [0.15, 0.2) is 5.82 Å². The summed E-state index contributed by atoms with van der Waals surface area (Å²) in [5.74, 6) is 1.14. The number of nitrogens with two attached hydrogens (primary N) is 1. The minimum Gasteiger partial charge on any atom is -0.368 e. The first-order valence-electron chi connectivity index (χ1n) is 10.2. The summed E-state index contributed by atoms with van der Waals surface area (Å²) < 4.78 is 14.0. The smallest absolute Gasteiger partial charge is 0.232 e. The van der Waals surface area contributed by atoms with Crippen molar-refractivity contribution in [3.8, 4) is 0 Å².